The van der Waals surface area contributed by atoms with Crippen LogP contribution in [0.5, 0.6) is 0 Å². The zero-order valence-electron chi connectivity index (χ0n) is 13.0. The second kappa shape index (κ2) is 6.71. The van der Waals surface area contributed by atoms with Crippen LogP contribution in [0.1, 0.15) is 51.9 Å². The first kappa shape index (κ1) is 17.5. The van der Waals surface area contributed by atoms with E-state index in [1.165, 1.54) is 12.8 Å². The van der Waals surface area contributed by atoms with E-state index in [4.69, 9.17) is 0 Å². The Bertz CT molecular complexity index is 447. The van der Waals surface area contributed by atoms with Crippen LogP contribution in [-0.4, -0.2) is 54.8 Å². The second-order valence-corrected chi connectivity index (χ2v) is 8.68. The number of piperidine rings is 2. The first-order valence-electron chi connectivity index (χ1n) is 7.99. The molecule has 3 aliphatic heterocycles. The van der Waals surface area contributed by atoms with Gasteiger partial charge >= 0.3 is 0 Å². The lowest BCUT2D eigenvalue weighted by Crippen LogP contribution is -2.54. The quantitative estimate of drug-likeness (QED) is 0.853. The Morgan fingerprint density at radius 2 is 1.71 bits per heavy atom. The van der Waals surface area contributed by atoms with Gasteiger partial charge in [-0.1, -0.05) is 6.42 Å². The molecule has 0 spiro atoms. The molecule has 5 nitrogen and oxygen atoms in total. The summed E-state index contributed by atoms with van der Waals surface area (Å²) < 4.78 is 29.1. The summed E-state index contributed by atoms with van der Waals surface area (Å²) in [5.74, 6) is 0. The fraction of sp³-hybridized carbons (Fsp3) is 1.00. The van der Waals surface area contributed by atoms with Crippen LogP contribution >= 0.6 is 12.4 Å². The van der Waals surface area contributed by atoms with Gasteiger partial charge in [-0.05, 0) is 45.4 Å². The summed E-state index contributed by atoms with van der Waals surface area (Å²) in [6, 6.07) is 1.37. The van der Waals surface area contributed by atoms with Crippen molar-refractivity contribution in [1.82, 2.24) is 13.9 Å². The molecule has 3 fully saturated rings. The lowest BCUT2D eigenvalue weighted by molar-refractivity contribution is 0.210. The van der Waals surface area contributed by atoms with Gasteiger partial charge in [0.2, 0.25) is 0 Å². The molecule has 0 amide bonds. The number of hydrogen-bond acceptors (Lipinski definition) is 3. The number of fused-ring (bicyclic) bond motifs is 2. The Balaban J connectivity index is 0.00000161. The van der Waals surface area contributed by atoms with Gasteiger partial charge in [-0.2, -0.15) is 17.0 Å². The molecule has 0 aliphatic carbocycles. The standard InChI is InChI=1S/C14H27N3O2S.ClH/c1-11-5-3-4-8-17(11)20(18,19)16(2)14-9-12-6-7-13(10-14)15-12;/h11-15H,3-10H2,1-2H3;1H. The van der Waals surface area contributed by atoms with Gasteiger partial charge < -0.3 is 5.32 Å². The van der Waals surface area contributed by atoms with Gasteiger partial charge in [0.15, 0.2) is 0 Å². The lowest BCUT2D eigenvalue weighted by Gasteiger charge is -2.40. The maximum atomic E-state index is 12.9. The Morgan fingerprint density at radius 1 is 1.10 bits per heavy atom. The van der Waals surface area contributed by atoms with Crippen LogP contribution in [0.15, 0.2) is 0 Å². The first-order valence-corrected chi connectivity index (χ1v) is 9.39. The zero-order valence-corrected chi connectivity index (χ0v) is 14.6. The Labute approximate surface area is 135 Å². The molecule has 3 rings (SSSR count). The minimum atomic E-state index is -3.29. The van der Waals surface area contributed by atoms with Gasteiger partial charge in [-0.25, -0.2) is 0 Å². The Kier molecular flexibility index (Phi) is 5.58. The van der Waals surface area contributed by atoms with Gasteiger partial charge in [-0.15, -0.1) is 12.4 Å². The second-order valence-electron chi connectivity index (χ2n) is 6.74. The number of rotatable bonds is 3. The summed E-state index contributed by atoms with van der Waals surface area (Å²) in [5.41, 5.74) is 0. The van der Waals surface area contributed by atoms with Crippen molar-refractivity contribution < 1.29 is 8.42 Å². The van der Waals surface area contributed by atoms with Crippen molar-refractivity contribution >= 4 is 22.6 Å². The van der Waals surface area contributed by atoms with E-state index >= 15 is 0 Å². The van der Waals surface area contributed by atoms with E-state index in [9.17, 15) is 8.42 Å². The molecule has 0 aromatic heterocycles. The van der Waals surface area contributed by atoms with Crippen LogP contribution < -0.4 is 5.32 Å². The van der Waals surface area contributed by atoms with E-state index in [0.29, 0.717) is 18.6 Å². The monoisotopic (exact) mass is 337 g/mol. The van der Waals surface area contributed by atoms with Gasteiger partial charge in [0, 0.05) is 37.8 Å². The predicted molar refractivity (Wildman–Crippen MR) is 86.9 cm³/mol. The average Bonchev–Trinajstić information content (AvgIpc) is 2.77. The molecule has 1 N–H and O–H groups in total. The molecule has 0 aromatic carbocycles. The van der Waals surface area contributed by atoms with E-state index in [1.807, 2.05) is 6.92 Å². The maximum Gasteiger partial charge on any atom is 0.282 e. The normalized spacial score (nSPS) is 37.5. The molecular formula is C14H28ClN3O2S. The van der Waals surface area contributed by atoms with Gasteiger partial charge in [0.05, 0.1) is 0 Å². The minimum absolute atomic E-state index is 0. The molecule has 2 bridgehead atoms. The zero-order chi connectivity index (χ0) is 14.3. The van der Waals surface area contributed by atoms with E-state index in [0.717, 1.165) is 32.1 Å². The molecule has 3 unspecified atom stereocenters. The fourth-order valence-corrected chi connectivity index (χ4v) is 5.89. The van der Waals surface area contributed by atoms with Crippen molar-refractivity contribution in [3.63, 3.8) is 0 Å². The summed E-state index contributed by atoms with van der Waals surface area (Å²) in [5, 5.41) is 3.58. The average molecular weight is 338 g/mol. The van der Waals surface area contributed by atoms with Crippen molar-refractivity contribution in [3.8, 4) is 0 Å². The summed E-state index contributed by atoms with van der Waals surface area (Å²) in [6.07, 6.45) is 7.47. The van der Waals surface area contributed by atoms with Gasteiger partial charge in [-0.3, -0.25) is 0 Å². The van der Waals surface area contributed by atoms with Crippen LogP contribution in [0.3, 0.4) is 0 Å². The Hall–Kier alpha value is 0.120. The maximum absolute atomic E-state index is 12.9. The highest BCUT2D eigenvalue weighted by Gasteiger charge is 2.41. The predicted octanol–water partition coefficient (Wildman–Crippen LogP) is 1.74. The highest BCUT2D eigenvalue weighted by Crippen LogP contribution is 2.32. The van der Waals surface area contributed by atoms with E-state index in [2.05, 4.69) is 5.32 Å². The molecule has 0 radical (unpaired) electrons. The third kappa shape index (κ3) is 3.39. The largest absolute Gasteiger partial charge is 0.311 e. The third-order valence-corrected chi connectivity index (χ3v) is 7.53. The van der Waals surface area contributed by atoms with Crippen molar-refractivity contribution in [2.75, 3.05) is 13.6 Å². The summed E-state index contributed by atoms with van der Waals surface area (Å²) in [6.45, 7) is 2.72. The summed E-state index contributed by atoms with van der Waals surface area (Å²) >= 11 is 0. The van der Waals surface area contributed by atoms with Crippen molar-refractivity contribution in [2.45, 2.75) is 76.0 Å². The lowest BCUT2D eigenvalue weighted by atomic mass is 10.0. The molecule has 0 saturated carbocycles. The van der Waals surface area contributed by atoms with Crippen molar-refractivity contribution in [1.29, 1.82) is 0 Å². The molecule has 3 atom stereocenters. The van der Waals surface area contributed by atoms with E-state index < -0.39 is 10.2 Å². The summed E-state index contributed by atoms with van der Waals surface area (Å²) in [7, 11) is -1.51. The van der Waals surface area contributed by atoms with Crippen LogP contribution in [-0.2, 0) is 10.2 Å². The molecule has 7 heteroatoms. The van der Waals surface area contributed by atoms with Crippen LogP contribution in [0.25, 0.3) is 0 Å². The molecule has 0 aromatic rings. The van der Waals surface area contributed by atoms with E-state index in [-0.39, 0.29) is 24.5 Å². The molecule has 3 heterocycles. The SMILES string of the molecule is CC1CCCCN1S(=O)(=O)N(C)C1CC2CCC(C1)N2.Cl. The molecule has 124 valence electrons. The topological polar surface area (TPSA) is 52.7 Å². The van der Waals surface area contributed by atoms with E-state index in [1.54, 1.807) is 15.7 Å². The van der Waals surface area contributed by atoms with Crippen molar-refractivity contribution in [3.05, 3.63) is 0 Å². The van der Waals surface area contributed by atoms with Crippen LogP contribution in [0, 0.1) is 0 Å². The fourth-order valence-electron chi connectivity index (χ4n) is 4.09. The highest BCUT2D eigenvalue weighted by atomic mass is 35.5. The number of nitrogens with one attached hydrogen (secondary N) is 1. The van der Waals surface area contributed by atoms with Crippen LogP contribution in [0.4, 0.5) is 0 Å². The molecular weight excluding hydrogens is 310 g/mol. The highest BCUT2D eigenvalue weighted by molar-refractivity contribution is 7.86. The number of halogens is 1. The Morgan fingerprint density at radius 3 is 2.29 bits per heavy atom. The first-order chi connectivity index (χ1) is 9.48. The van der Waals surface area contributed by atoms with Crippen LogP contribution in [0.2, 0.25) is 0 Å². The number of nitrogens with zero attached hydrogens (tertiary/aromatic N) is 2. The molecule has 21 heavy (non-hydrogen) atoms. The molecule has 3 saturated heterocycles. The van der Waals surface area contributed by atoms with Gasteiger partial charge in [0.25, 0.3) is 10.2 Å². The third-order valence-electron chi connectivity index (χ3n) is 5.36. The smallest absolute Gasteiger partial charge is 0.282 e. The van der Waals surface area contributed by atoms with Crippen molar-refractivity contribution in [2.24, 2.45) is 0 Å². The van der Waals surface area contributed by atoms with Gasteiger partial charge in [0.1, 0.15) is 0 Å². The minimum Gasteiger partial charge on any atom is -0.311 e. The molecule has 3 aliphatic rings. The number of hydrogen-bond donors (Lipinski definition) is 1. The summed E-state index contributed by atoms with van der Waals surface area (Å²) in [4.78, 5) is 0.